The number of carbonyl (C=O) groups is 2. The van der Waals surface area contributed by atoms with Gasteiger partial charge < -0.3 is 19.3 Å². The van der Waals surface area contributed by atoms with Crippen LogP contribution in [0, 0.1) is 6.92 Å². The zero-order valence-corrected chi connectivity index (χ0v) is 26.7. The van der Waals surface area contributed by atoms with E-state index in [4.69, 9.17) is 14.2 Å². The highest BCUT2D eigenvalue weighted by Gasteiger charge is 2.48. The first-order valence-corrected chi connectivity index (χ1v) is 16.7. The van der Waals surface area contributed by atoms with E-state index in [2.05, 4.69) is 41.4 Å². The van der Waals surface area contributed by atoms with E-state index in [0.717, 1.165) is 24.8 Å². The van der Waals surface area contributed by atoms with Crippen molar-refractivity contribution in [3.63, 3.8) is 0 Å². The number of aliphatic hydroxyl groups excluding tert-OH is 1. The van der Waals surface area contributed by atoms with Crippen LogP contribution in [0.3, 0.4) is 0 Å². The maximum absolute atomic E-state index is 13.7. The Bertz CT molecular complexity index is 1720. The topological polar surface area (TPSA) is 111 Å². The molecule has 1 unspecified atom stereocenters. The lowest BCUT2D eigenvalue weighted by Crippen LogP contribution is -2.29. The van der Waals surface area contributed by atoms with E-state index in [1.165, 1.54) is 33.6 Å². The van der Waals surface area contributed by atoms with Gasteiger partial charge in [-0.2, -0.15) is 0 Å². The van der Waals surface area contributed by atoms with Gasteiger partial charge in [-0.1, -0.05) is 84.8 Å². The molecule has 232 valence electrons. The van der Waals surface area contributed by atoms with Crippen LogP contribution in [0.2, 0.25) is 0 Å². The molecule has 3 heterocycles. The molecule has 1 saturated heterocycles. The van der Waals surface area contributed by atoms with Gasteiger partial charge in [0.15, 0.2) is 15.8 Å². The number of ketones is 1. The highest BCUT2D eigenvalue weighted by Crippen LogP contribution is 2.45. The summed E-state index contributed by atoms with van der Waals surface area (Å²) in [6, 6.07) is 19.5. The number of ether oxygens (including phenoxy) is 3. The van der Waals surface area contributed by atoms with Gasteiger partial charge in [0.2, 0.25) is 5.13 Å². The molecule has 1 N–H and O–H groups in total. The first-order chi connectivity index (χ1) is 21.9. The van der Waals surface area contributed by atoms with Gasteiger partial charge in [0.05, 0.1) is 18.2 Å². The smallest absolute Gasteiger partial charge is 0.301 e. The Kier molecular flexibility index (Phi) is 9.37. The second-order valence-corrected chi connectivity index (χ2v) is 13.0. The Hall–Kier alpha value is -4.35. The van der Waals surface area contributed by atoms with E-state index < -0.39 is 17.7 Å². The number of thioether (sulfide) groups is 1. The number of amides is 1. The number of nitrogens with zero attached hydrogens (tertiary/aromatic N) is 3. The van der Waals surface area contributed by atoms with Crippen LogP contribution in [0.1, 0.15) is 54.5 Å². The summed E-state index contributed by atoms with van der Waals surface area (Å²) in [7, 11) is 0. The molecule has 0 spiro atoms. The third-order valence-electron chi connectivity index (χ3n) is 7.56. The molecule has 0 aliphatic carbocycles. The molecule has 3 aromatic carbocycles. The zero-order valence-electron chi connectivity index (χ0n) is 25.0. The molecule has 2 aliphatic heterocycles. The zero-order chi connectivity index (χ0) is 31.3. The summed E-state index contributed by atoms with van der Waals surface area (Å²) in [6.45, 7) is 5.58. The number of rotatable bonds is 11. The van der Waals surface area contributed by atoms with Crippen molar-refractivity contribution >= 4 is 45.7 Å². The highest BCUT2D eigenvalue weighted by atomic mass is 32.2. The molecule has 0 saturated carbocycles. The number of aromatic nitrogens is 2. The van der Waals surface area contributed by atoms with Gasteiger partial charge >= 0.3 is 5.91 Å². The van der Waals surface area contributed by atoms with E-state index in [9.17, 15) is 14.7 Å². The first-order valence-electron chi connectivity index (χ1n) is 14.9. The van der Waals surface area contributed by atoms with Crippen LogP contribution in [0.25, 0.3) is 5.76 Å². The Morgan fingerprint density at radius 2 is 1.76 bits per heavy atom. The van der Waals surface area contributed by atoms with Gasteiger partial charge in [-0.15, -0.1) is 10.2 Å². The minimum Gasteiger partial charge on any atom is -0.507 e. The van der Waals surface area contributed by atoms with Gasteiger partial charge in [0.25, 0.3) is 5.78 Å². The van der Waals surface area contributed by atoms with Crippen molar-refractivity contribution in [3.05, 3.63) is 94.6 Å². The van der Waals surface area contributed by atoms with Crippen molar-refractivity contribution < 1.29 is 28.9 Å². The van der Waals surface area contributed by atoms with Crippen molar-refractivity contribution in [2.45, 2.75) is 49.2 Å². The molecular weight excluding hydrogens is 611 g/mol. The monoisotopic (exact) mass is 643 g/mol. The van der Waals surface area contributed by atoms with Crippen molar-refractivity contribution in [2.24, 2.45) is 0 Å². The molecule has 45 heavy (non-hydrogen) atoms. The van der Waals surface area contributed by atoms with Crippen LogP contribution < -0.4 is 19.1 Å². The van der Waals surface area contributed by atoms with E-state index >= 15 is 0 Å². The van der Waals surface area contributed by atoms with Crippen LogP contribution in [0.5, 0.6) is 17.2 Å². The lowest BCUT2D eigenvalue weighted by atomic mass is 9.95. The molecule has 1 atom stereocenters. The van der Waals surface area contributed by atoms with Crippen molar-refractivity contribution in [1.82, 2.24) is 10.2 Å². The molecule has 4 aromatic rings. The van der Waals surface area contributed by atoms with Crippen molar-refractivity contribution in [2.75, 3.05) is 24.7 Å². The molecule has 0 bridgehead atoms. The summed E-state index contributed by atoms with van der Waals surface area (Å²) in [5.74, 6) is 0.469. The standard InChI is InChI=1S/C34H33N3O6S2/c1-3-4-5-16-41-25-13-10-23(11-14-25)29-28(30(38)24-12-15-26-27(19-24)43-18-17-42-26)31(39)32(40)37(29)33-35-36-34(45-33)44-20-22-8-6-21(2)7-9-22/h6-15,19,29,38H,3-5,16-18,20H2,1-2H3/b30-28+. The molecule has 0 radical (unpaired) electrons. The van der Waals surface area contributed by atoms with E-state index in [0.29, 0.717) is 58.3 Å². The fourth-order valence-corrected chi connectivity index (χ4v) is 6.99. The number of anilines is 1. The van der Waals surface area contributed by atoms with Crippen LogP contribution in [-0.4, -0.2) is 46.8 Å². The minimum atomic E-state index is -0.935. The van der Waals surface area contributed by atoms with Gasteiger partial charge in [0.1, 0.15) is 24.7 Å². The van der Waals surface area contributed by atoms with Gasteiger partial charge in [-0.05, 0) is 54.8 Å². The Morgan fingerprint density at radius 1 is 1.00 bits per heavy atom. The summed E-state index contributed by atoms with van der Waals surface area (Å²) in [5, 5.41) is 20.5. The number of carbonyl (C=O) groups excluding carboxylic acids is 2. The summed E-state index contributed by atoms with van der Waals surface area (Å²) in [5.41, 5.74) is 3.24. The average molecular weight is 644 g/mol. The fraction of sp³-hybridized carbons (Fsp3) is 0.294. The van der Waals surface area contributed by atoms with E-state index in [1.807, 2.05) is 31.2 Å². The van der Waals surface area contributed by atoms with Crippen LogP contribution in [0.4, 0.5) is 5.13 Å². The molecule has 6 rings (SSSR count). The third kappa shape index (κ3) is 6.69. The number of benzene rings is 3. The summed E-state index contributed by atoms with van der Waals surface area (Å²) < 4.78 is 17.9. The van der Waals surface area contributed by atoms with Crippen LogP contribution in [0.15, 0.2) is 76.6 Å². The maximum atomic E-state index is 13.7. The molecular formula is C34H33N3O6S2. The lowest BCUT2D eigenvalue weighted by Gasteiger charge is -2.23. The first kappa shape index (κ1) is 30.7. The Morgan fingerprint density at radius 3 is 2.51 bits per heavy atom. The molecule has 11 heteroatoms. The van der Waals surface area contributed by atoms with Gasteiger partial charge in [0, 0.05) is 11.3 Å². The number of unbranched alkanes of at least 4 members (excludes halogenated alkanes) is 2. The number of hydrogen-bond acceptors (Lipinski definition) is 10. The molecule has 1 amide bonds. The average Bonchev–Trinajstić information content (AvgIpc) is 3.64. The third-order valence-corrected chi connectivity index (χ3v) is 9.68. The predicted molar refractivity (Wildman–Crippen MR) is 174 cm³/mol. The van der Waals surface area contributed by atoms with Gasteiger partial charge in [-0.25, -0.2) is 0 Å². The summed E-state index contributed by atoms with van der Waals surface area (Å²) >= 11 is 2.74. The molecule has 2 aliphatic rings. The SMILES string of the molecule is CCCCCOc1ccc(C2/C(=C(\O)c3ccc4c(c3)OCCO4)C(=O)C(=O)N2c2nnc(SCc3ccc(C)cc3)s2)cc1. The van der Waals surface area contributed by atoms with Crippen LogP contribution in [-0.2, 0) is 15.3 Å². The summed E-state index contributed by atoms with van der Waals surface area (Å²) in [4.78, 5) is 28.6. The van der Waals surface area contributed by atoms with Crippen LogP contribution >= 0.6 is 23.1 Å². The quantitative estimate of drug-likeness (QED) is 0.0457. The number of hydrogen-bond donors (Lipinski definition) is 1. The molecule has 1 fully saturated rings. The number of Topliss-reactive ketones (excluding diaryl/α,β-unsaturated/α-hetero) is 1. The predicted octanol–water partition coefficient (Wildman–Crippen LogP) is 7.11. The van der Waals surface area contributed by atoms with Crippen molar-refractivity contribution in [3.8, 4) is 17.2 Å². The Balaban J connectivity index is 1.34. The van der Waals surface area contributed by atoms with Gasteiger partial charge in [-0.3, -0.25) is 14.5 Å². The minimum absolute atomic E-state index is 0.0441. The maximum Gasteiger partial charge on any atom is 0.301 e. The van der Waals surface area contributed by atoms with Crippen molar-refractivity contribution in [1.29, 1.82) is 0 Å². The summed E-state index contributed by atoms with van der Waals surface area (Å²) in [6.07, 6.45) is 3.14. The second kappa shape index (κ2) is 13.7. The molecule has 1 aromatic heterocycles. The number of aliphatic hydroxyl groups is 1. The fourth-order valence-electron chi connectivity index (χ4n) is 5.17. The highest BCUT2D eigenvalue weighted by molar-refractivity contribution is 8.00. The van der Waals surface area contributed by atoms with E-state index in [-0.39, 0.29) is 16.5 Å². The largest absolute Gasteiger partial charge is 0.507 e. The lowest BCUT2D eigenvalue weighted by molar-refractivity contribution is -0.132. The molecule has 9 nitrogen and oxygen atoms in total. The second-order valence-electron chi connectivity index (χ2n) is 10.8. The Labute approximate surface area is 269 Å². The normalized spacial score (nSPS) is 17.1. The number of fused-ring (bicyclic) bond motifs is 1. The number of aryl methyl sites for hydroxylation is 1. The van der Waals surface area contributed by atoms with E-state index in [1.54, 1.807) is 18.2 Å².